The Labute approximate surface area is 127 Å². The minimum Gasteiger partial charge on any atom is -0.354 e. The molecule has 0 spiro atoms. The van der Waals surface area contributed by atoms with E-state index in [9.17, 15) is 0 Å². The molecule has 2 heterocycles. The molecule has 1 saturated heterocycles. The van der Waals surface area contributed by atoms with Crippen molar-refractivity contribution in [3.63, 3.8) is 0 Å². The summed E-state index contributed by atoms with van der Waals surface area (Å²) in [7, 11) is 0. The summed E-state index contributed by atoms with van der Waals surface area (Å²) < 4.78 is 0. The molecular weight excluding hydrogens is 264 g/mol. The van der Waals surface area contributed by atoms with Crippen molar-refractivity contribution in [1.29, 1.82) is 0 Å². The number of nitrogens with zero attached hydrogens (tertiary/aromatic N) is 4. The molecule has 6 heteroatoms. The van der Waals surface area contributed by atoms with E-state index in [4.69, 9.17) is 10.8 Å². The summed E-state index contributed by atoms with van der Waals surface area (Å²) in [5.74, 6) is 8.49. The van der Waals surface area contributed by atoms with Crippen LogP contribution in [0, 0.1) is 6.92 Å². The lowest BCUT2D eigenvalue weighted by Gasteiger charge is -2.38. The van der Waals surface area contributed by atoms with Crippen LogP contribution in [0.15, 0.2) is 0 Å². The maximum Gasteiger partial charge on any atom is 0.148 e. The number of piperazine rings is 1. The molecule has 0 radical (unpaired) electrons. The van der Waals surface area contributed by atoms with Crippen LogP contribution < -0.4 is 16.2 Å². The molecule has 0 atom stereocenters. The molecule has 2 rings (SSSR count). The van der Waals surface area contributed by atoms with Crippen LogP contribution in [-0.2, 0) is 0 Å². The summed E-state index contributed by atoms with van der Waals surface area (Å²) in [5.41, 5.74) is 3.74. The predicted octanol–water partition coefficient (Wildman–Crippen LogP) is 1.72. The third-order valence-corrected chi connectivity index (χ3v) is 4.13. The first-order valence-corrected chi connectivity index (χ1v) is 7.78. The highest BCUT2D eigenvalue weighted by Gasteiger charge is 2.23. The number of hydrogen-bond acceptors (Lipinski definition) is 6. The van der Waals surface area contributed by atoms with Gasteiger partial charge < -0.3 is 10.3 Å². The molecule has 3 N–H and O–H groups in total. The van der Waals surface area contributed by atoms with Crippen LogP contribution in [-0.4, -0.2) is 47.1 Å². The lowest BCUT2D eigenvalue weighted by Crippen LogP contribution is -2.49. The Morgan fingerprint density at radius 3 is 2.14 bits per heavy atom. The fourth-order valence-electron chi connectivity index (χ4n) is 2.68. The van der Waals surface area contributed by atoms with Crippen LogP contribution in [0.4, 0.5) is 11.6 Å². The molecule has 0 bridgehead atoms. The first-order valence-electron chi connectivity index (χ1n) is 7.78. The number of aromatic nitrogens is 2. The Balaban J connectivity index is 2.25. The van der Waals surface area contributed by atoms with Crippen molar-refractivity contribution in [3.05, 3.63) is 11.4 Å². The van der Waals surface area contributed by atoms with Gasteiger partial charge in [-0.05, 0) is 20.8 Å². The highest BCUT2D eigenvalue weighted by Crippen LogP contribution is 2.26. The van der Waals surface area contributed by atoms with Crippen molar-refractivity contribution in [3.8, 4) is 0 Å². The quantitative estimate of drug-likeness (QED) is 0.650. The Hall–Kier alpha value is -1.40. The molecule has 1 fully saturated rings. The molecule has 1 aliphatic rings. The smallest absolute Gasteiger partial charge is 0.148 e. The Morgan fingerprint density at radius 1 is 1.05 bits per heavy atom. The normalized spacial score (nSPS) is 16.9. The van der Waals surface area contributed by atoms with Gasteiger partial charge in [-0.15, -0.1) is 0 Å². The molecule has 0 unspecified atom stereocenters. The third kappa shape index (κ3) is 3.44. The van der Waals surface area contributed by atoms with Gasteiger partial charge in [-0.2, -0.15) is 0 Å². The molecule has 0 amide bonds. The number of nitrogens with one attached hydrogen (secondary N) is 1. The summed E-state index contributed by atoms with van der Waals surface area (Å²) in [6.07, 6.45) is 0. The van der Waals surface area contributed by atoms with Gasteiger partial charge in [-0.3, -0.25) is 4.90 Å². The van der Waals surface area contributed by atoms with E-state index in [0.717, 1.165) is 49.2 Å². The summed E-state index contributed by atoms with van der Waals surface area (Å²) in [6.45, 7) is 14.9. The highest BCUT2D eigenvalue weighted by atomic mass is 15.3. The van der Waals surface area contributed by atoms with E-state index in [1.807, 2.05) is 6.92 Å². The zero-order valence-electron chi connectivity index (χ0n) is 13.8. The molecule has 6 nitrogen and oxygen atoms in total. The van der Waals surface area contributed by atoms with Gasteiger partial charge >= 0.3 is 0 Å². The third-order valence-electron chi connectivity index (χ3n) is 4.13. The van der Waals surface area contributed by atoms with Crippen LogP contribution in [0.1, 0.15) is 45.0 Å². The Bertz CT molecular complexity index is 477. The van der Waals surface area contributed by atoms with E-state index < -0.39 is 0 Å². The van der Waals surface area contributed by atoms with E-state index in [0.29, 0.717) is 6.04 Å². The van der Waals surface area contributed by atoms with Crippen molar-refractivity contribution < 1.29 is 0 Å². The summed E-state index contributed by atoms with van der Waals surface area (Å²) in [4.78, 5) is 14.1. The number of anilines is 2. The van der Waals surface area contributed by atoms with Crippen molar-refractivity contribution in [2.24, 2.45) is 5.84 Å². The standard InChI is InChI=1S/C15H28N6/c1-10(2)13-17-14(19-16)12(5)15(18-13)21-8-6-20(7-9-21)11(3)4/h10-11H,6-9,16H2,1-5H3,(H,17,18,19). The predicted molar refractivity (Wildman–Crippen MR) is 87.6 cm³/mol. The van der Waals surface area contributed by atoms with Crippen molar-refractivity contribution >= 4 is 11.6 Å². The van der Waals surface area contributed by atoms with Crippen LogP contribution in [0.25, 0.3) is 0 Å². The fraction of sp³-hybridized carbons (Fsp3) is 0.733. The first-order chi connectivity index (χ1) is 9.93. The molecular formula is C15H28N6. The average molecular weight is 292 g/mol. The van der Waals surface area contributed by atoms with Crippen molar-refractivity contribution in [2.75, 3.05) is 36.5 Å². The zero-order valence-corrected chi connectivity index (χ0v) is 13.8. The van der Waals surface area contributed by atoms with Gasteiger partial charge in [0.2, 0.25) is 0 Å². The average Bonchev–Trinajstić information content (AvgIpc) is 2.47. The number of nitrogens with two attached hydrogens (primary N) is 1. The van der Waals surface area contributed by atoms with E-state index in [-0.39, 0.29) is 5.92 Å². The number of rotatable bonds is 4. The minimum absolute atomic E-state index is 0.286. The Kier molecular flexibility index (Phi) is 5.00. The first kappa shape index (κ1) is 16.0. The molecule has 1 aromatic rings. The van der Waals surface area contributed by atoms with Gasteiger partial charge in [-0.1, -0.05) is 13.8 Å². The van der Waals surface area contributed by atoms with Crippen LogP contribution in [0.5, 0.6) is 0 Å². The van der Waals surface area contributed by atoms with E-state index in [1.54, 1.807) is 0 Å². The highest BCUT2D eigenvalue weighted by molar-refractivity contribution is 5.58. The van der Waals surface area contributed by atoms with Crippen LogP contribution in [0.3, 0.4) is 0 Å². The number of nitrogen functional groups attached to an aromatic ring is 1. The SMILES string of the molecule is Cc1c(NN)nc(C(C)C)nc1N1CCN(C(C)C)CC1. The molecule has 21 heavy (non-hydrogen) atoms. The molecule has 1 aliphatic heterocycles. The van der Waals surface area contributed by atoms with Crippen molar-refractivity contribution in [2.45, 2.75) is 46.6 Å². The van der Waals surface area contributed by atoms with E-state index in [2.05, 4.69) is 47.9 Å². The van der Waals surface area contributed by atoms with Gasteiger partial charge in [0.1, 0.15) is 17.5 Å². The molecule has 0 aliphatic carbocycles. The maximum atomic E-state index is 5.61. The fourth-order valence-corrected chi connectivity index (χ4v) is 2.68. The lowest BCUT2D eigenvalue weighted by atomic mass is 10.2. The zero-order chi connectivity index (χ0) is 15.6. The van der Waals surface area contributed by atoms with Crippen LogP contribution in [0.2, 0.25) is 0 Å². The van der Waals surface area contributed by atoms with Crippen LogP contribution >= 0.6 is 0 Å². The largest absolute Gasteiger partial charge is 0.354 e. The summed E-state index contributed by atoms with van der Waals surface area (Å²) in [5, 5.41) is 0. The molecule has 1 aromatic heterocycles. The second kappa shape index (κ2) is 6.58. The second-order valence-electron chi connectivity index (χ2n) is 6.29. The second-order valence-corrected chi connectivity index (χ2v) is 6.29. The monoisotopic (exact) mass is 292 g/mol. The summed E-state index contributed by atoms with van der Waals surface area (Å²) in [6, 6.07) is 0.603. The molecule has 0 aromatic carbocycles. The van der Waals surface area contributed by atoms with Gasteiger partial charge in [0.25, 0.3) is 0 Å². The topological polar surface area (TPSA) is 70.3 Å². The minimum atomic E-state index is 0.286. The van der Waals surface area contributed by atoms with Gasteiger partial charge in [-0.25, -0.2) is 15.8 Å². The Morgan fingerprint density at radius 2 is 1.67 bits per heavy atom. The summed E-state index contributed by atoms with van der Waals surface area (Å²) >= 11 is 0. The van der Waals surface area contributed by atoms with Gasteiger partial charge in [0.15, 0.2) is 0 Å². The number of hydrazine groups is 1. The van der Waals surface area contributed by atoms with E-state index >= 15 is 0 Å². The maximum absolute atomic E-state index is 5.61. The van der Waals surface area contributed by atoms with Gasteiger partial charge in [0.05, 0.1) is 0 Å². The molecule has 0 saturated carbocycles. The lowest BCUT2D eigenvalue weighted by molar-refractivity contribution is 0.209. The van der Waals surface area contributed by atoms with E-state index in [1.165, 1.54) is 0 Å². The molecule has 118 valence electrons. The number of hydrogen-bond donors (Lipinski definition) is 2. The van der Waals surface area contributed by atoms with Crippen molar-refractivity contribution in [1.82, 2.24) is 14.9 Å². The van der Waals surface area contributed by atoms with Gasteiger partial charge in [0, 0.05) is 43.7 Å².